The van der Waals surface area contributed by atoms with Crippen LogP contribution in [0.4, 0.5) is 29.2 Å². The van der Waals surface area contributed by atoms with Crippen molar-refractivity contribution in [3.05, 3.63) is 70.3 Å². The molecule has 0 spiro atoms. The number of nitro groups is 1. The lowest BCUT2D eigenvalue weighted by atomic mass is 10.2. The molecule has 0 atom stereocenters. The largest absolute Gasteiger partial charge is 0.341 e. The Balaban J connectivity index is 1.52. The number of nitrogens with zero attached hydrogens (tertiary/aromatic N) is 6. The van der Waals surface area contributed by atoms with Crippen molar-refractivity contribution < 1.29 is 4.92 Å². The van der Waals surface area contributed by atoms with Gasteiger partial charge in [-0.25, -0.2) is 5.43 Å². The molecule has 2 heterocycles. The van der Waals surface area contributed by atoms with Crippen LogP contribution in [0.2, 0.25) is 0 Å². The number of nitrogens with one attached hydrogen (secondary N) is 2. The monoisotopic (exact) mass is 404 g/mol. The van der Waals surface area contributed by atoms with Gasteiger partial charge in [-0.05, 0) is 42.7 Å². The van der Waals surface area contributed by atoms with Crippen LogP contribution in [0.3, 0.4) is 0 Å². The van der Waals surface area contributed by atoms with Gasteiger partial charge in [0, 0.05) is 30.9 Å². The number of benzene rings is 2. The molecular formula is C20H20N8O2. The molecule has 3 aromatic rings. The zero-order valence-corrected chi connectivity index (χ0v) is 16.1. The van der Waals surface area contributed by atoms with Crippen LogP contribution < -0.4 is 15.6 Å². The first kappa shape index (κ1) is 19.2. The standard InChI is InChI=1S/C20H20N8O2/c29-28(30)17-10-8-15(9-11-17)14-21-26-19-23-18(22-16-6-2-1-3-7-16)24-20(25-19)27-12-4-5-13-27/h1-3,6-11,14H,4-5,12-13H2,(H2,22,23,24,25,26)/b21-14+. The van der Waals surface area contributed by atoms with Crippen LogP contribution in [0.25, 0.3) is 0 Å². The Hall–Kier alpha value is -4.08. The molecule has 0 aliphatic carbocycles. The zero-order chi connectivity index (χ0) is 20.8. The molecular weight excluding hydrogens is 384 g/mol. The summed E-state index contributed by atoms with van der Waals surface area (Å²) in [6.45, 7) is 1.81. The molecule has 0 unspecified atom stereocenters. The van der Waals surface area contributed by atoms with E-state index >= 15 is 0 Å². The van der Waals surface area contributed by atoms with Crippen molar-refractivity contribution in [1.29, 1.82) is 0 Å². The Labute approximate surface area is 172 Å². The van der Waals surface area contributed by atoms with Crippen LogP contribution in [-0.2, 0) is 0 Å². The molecule has 1 aromatic heterocycles. The van der Waals surface area contributed by atoms with Crippen LogP contribution in [0.5, 0.6) is 0 Å². The van der Waals surface area contributed by atoms with E-state index in [1.165, 1.54) is 12.1 Å². The SMILES string of the molecule is O=[N+]([O-])c1ccc(/C=N/Nc2nc(Nc3ccccc3)nc(N3CCCC3)n2)cc1. The lowest BCUT2D eigenvalue weighted by Gasteiger charge is -2.16. The molecule has 10 nitrogen and oxygen atoms in total. The van der Waals surface area contributed by atoms with E-state index in [9.17, 15) is 10.1 Å². The molecule has 2 aromatic carbocycles. The second kappa shape index (κ2) is 8.95. The second-order valence-corrected chi connectivity index (χ2v) is 6.69. The molecule has 10 heteroatoms. The smallest absolute Gasteiger partial charge is 0.269 e. The van der Waals surface area contributed by atoms with Gasteiger partial charge in [-0.3, -0.25) is 10.1 Å². The highest BCUT2D eigenvalue weighted by Crippen LogP contribution is 2.20. The van der Waals surface area contributed by atoms with Gasteiger partial charge in [-0.15, -0.1) is 0 Å². The van der Waals surface area contributed by atoms with Crippen molar-refractivity contribution in [3.8, 4) is 0 Å². The van der Waals surface area contributed by atoms with E-state index < -0.39 is 4.92 Å². The predicted molar refractivity (Wildman–Crippen MR) is 115 cm³/mol. The normalized spacial score (nSPS) is 13.5. The average Bonchev–Trinajstić information content (AvgIpc) is 3.30. The first-order valence-corrected chi connectivity index (χ1v) is 9.54. The van der Waals surface area contributed by atoms with Gasteiger partial charge in [0.25, 0.3) is 5.69 Å². The Morgan fingerprint density at radius 3 is 2.37 bits per heavy atom. The van der Waals surface area contributed by atoms with Crippen molar-refractivity contribution in [2.75, 3.05) is 28.7 Å². The molecule has 1 fully saturated rings. The highest BCUT2D eigenvalue weighted by Gasteiger charge is 2.17. The van der Waals surface area contributed by atoms with Crippen molar-refractivity contribution in [2.45, 2.75) is 12.8 Å². The number of hydrogen-bond acceptors (Lipinski definition) is 9. The van der Waals surface area contributed by atoms with E-state index in [0.717, 1.165) is 31.6 Å². The van der Waals surface area contributed by atoms with Gasteiger partial charge in [0.05, 0.1) is 11.1 Å². The van der Waals surface area contributed by atoms with Crippen LogP contribution in [0.15, 0.2) is 59.7 Å². The van der Waals surface area contributed by atoms with Gasteiger partial charge >= 0.3 is 0 Å². The summed E-state index contributed by atoms with van der Waals surface area (Å²) in [5.41, 5.74) is 4.44. The maximum Gasteiger partial charge on any atom is 0.269 e. The lowest BCUT2D eigenvalue weighted by Crippen LogP contribution is -2.21. The maximum atomic E-state index is 10.7. The Morgan fingerprint density at radius 1 is 0.967 bits per heavy atom. The minimum absolute atomic E-state index is 0.0319. The average molecular weight is 404 g/mol. The molecule has 2 N–H and O–H groups in total. The number of hydrazone groups is 1. The number of hydrogen-bond donors (Lipinski definition) is 2. The fourth-order valence-corrected chi connectivity index (χ4v) is 3.03. The van der Waals surface area contributed by atoms with E-state index in [1.54, 1.807) is 18.3 Å². The summed E-state index contributed by atoms with van der Waals surface area (Å²) in [4.78, 5) is 25.8. The molecule has 1 aliphatic rings. The Kier molecular flexibility index (Phi) is 5.74. The quantitative estimate of drug-likeness (QED) is 0.348. The Bertz CT molecular complexity index is 1030. The number of rotatable bonds is 7. The molecule has 1 saturated heterocycles. The number of nitro benzene ring substituents is 1. The van der Waals surface area contributed by atoms with Gasteiger partial charge in [0.2, 0.25) is 17.8 Å². The number of para-hydroxylation sites is 1. The number of aromatic nitrogens is 3. The van der Waals surface area contributed by atoms with E-state index in [2.05, 4.69) is 35.7 Å². The first-order valence-electron chi connectivity index (χ1n) is 9.54. The van der Waals surface area contributed by atoms with Crippen molar-refractivity contribution in [1.82, 2.24) is 15.0 Å². The molecule has 0 radical (unpaired) electrons. The summed E-state index contributed by atoms with van der Waals surface area (Å²) in [7, 11) is 0. The van der Waals surface area contributed by atoms with E-state index in [1.807, 2.05) is 30.3 Å². The van der Waals surface area contributed by atoms with E-state index in [0.29, 0.717) is 23.4 Å². The highest BCUT2D eigenvalue weighted by molar-refractivity contribution is 5.80. The summed E-state index contributed by atoms with van der Waals surface area (Å²) < 4.78 is 0. The maximum absolute atomic E-state index is 10.7. The summed E-state index contributed by atoms with van der Waals surface area (Å²) in [5.74, 6) is 1.32. The van der Waals surface area contributed by atoms with Crippen LogP contribution in [0.1, 0.15) is 18.4 Å². The fourth-order valence-electron chi connectivity index (χ4n) is 3.03. The molecule has 0 bridgehead atoms. The van der Waals surface area contributed by atoms with Crippen molar-refractivity contribution >= 4 is 35.4 Å². The van der Waals surface area contributed by atoms with E-state index in [4.69, 9.17) is 0 Å². The number of non-ortho nitro benzene ring substituents is 1. The summed E-state index contributed by atoms with van der Waals surface area (Å²) in [5, 5.41) is 18.1. The third kappa shape index (κ3) is 4.85. The summed E-state index contributed by atoms with van der Waals surface area (Å²) >= 11 is 0. The van der Waals surface area contributed by atoms with Gasteiger partial charge in [0.1, 0.15) is 0 Å². The third-order valence-corrected chi connectivity index (χ3v) is 4.52. The molecule has 152 valence electrons. The number of anilines is 4. The topological polar surface area (TPSA) is 121 Å². The predicted octanol–water partition coefficient (Wildman–Crippen LogP) is 3.57. The molecule has 4 rings (SSSR count). The summed E-state index contributed by atoms with van der Waals surface area (Å²) in [6, 6.07) is 15.8. The molecule has 30 heavy (non-hydrogen) atoms. The highest BCUT2D eigenvalue weighted by atomic mass is 16.6. The van der Waals surface area contributed by atoms with Gasteiger partial charge in [-0.1, -0.05) is 18.2 Å². The summed E-state index contributed by atoms with van der Waals surface area (Å²) in [6.07, 6.45) is 3.76. The minimum Gasteiger partial charge on any atom is -0.341 e. The lowest BCUT2D eigenvalue weighted by molar-refractivity contribution is -0.384. The zero-order valence-electron chi connectivity index (χ0n) is 16.1. The second-order valence-electron chi connectivity index (χ2n) is 6.69. The Morgan fingerprint density at radius 2 is 1.67 bits per heavy atom. The van der Waals surface area contributed by atoms with E-state index in [-0.39, 0.29) is 5.69 Å². The van der Waals surface area contributed by atoms with Gasteiger partial charge < -0.3 is 10.2 Å². The third-order valence-electron chi connectivity index (χ3n) is 4.52. The van der Waals surface area contributed by atoms with Gasteiger partial charge in [0.15, 0.2) is 0 Å². The van der Waals surface area contributed by atoms with Gasteiger partial charge in [-0.2, -0.15) is 20.1 Å². The van der Waals surface area contributed by atoms with Crippen LogP contribution in [-0.4, -0.2) is 39.2 Å². The van der Waals surface area contributed by atoms with Crippen molar-refractivity contribution in [2.24, 2.45) is 5.10 Å². The fraction of sp³-hybridized carbons (Fsp3) is 0.200. The molecule has 0 saturated carbocycles. The first-order chi connectivity index (χ1) is 14.7. The molecule has 1 aliphatic heterocycles. The minimum atomic E-state index is -0.439. The van der Waals surface area contributed by atoms with Crippen LogP contribution >= 0.6 is 0 Å². The molecule has 0 amide bonds. The van der Waals surface area contributed by atoms with Crippen molar-refractivity contribution in [3.63, 3.8) is 0 Å². The van der Waals surface area contributed by atoms with Crippen LogP contribution in [0, 0.1) is 10.1 Å².